The summed E-state index contributed by atoms with van der Waals surface area (Å²) in [5, 5.41) is 11.2. The fraction of sp³-hybridized carbons (Fsp3) is 0.0952. The number of hydrogen-bond acceptors (Lipinski definition) is 6. The average Bonchev–Trinajstić information content (AvgIpc) is 3.18. The van der Waals surface area contributed by atoms with Gasteiger partial charge in [-0.2, -0.15) is 0 Å². The normalized spacial score (nSPS) is 10.8. The maximum Gasteiger partial charge on any atom is 0.269 e. The number of fused-ring (bicyclic) bond motifs is 1. The molecule has 0 atom stereocenters. The summed E-state index contributed by atoms with van der Waals surface area (Å²) < 4.78 is 14.8. The summed E-state index contributed by atoms with van der Waals surface area (Å²) in [7, 11) is 0. The molecule has 0 saturated heterocycles. The highest BCUT2D eigenvalue weighted by atomic mass is 32.1. The molecule has 0 aliphatic rings. The number of nitro benzene ring substituents is 1. The van der Waals surface area contributed by atoms with Gasteiger partial charge in [-0.25, -0.2) is 9.37 Å². The third-order valence-corrected chi connectivity index (χ3v) is 5.48. The maximum absolute atomic E-state index is 14.1. The van der Waals surface area contributed by atoms with Crippen molar-refractivity contribution in [1.29, 1.82) is 0 Å². The van der Waals surface area contributed by atoms with E-state index < -0.39 is 10.7 Å². The second-order valence-corrected chi connectivity index (χ2v) is 7.49. The molecule has 0 N–H and O–H groups in total. The standard InChI is InChI=1S/C21H15FN4O3S/c22-17-5-3-6-18-20(17)24-21(30-18)25(13-15-4-1-2-11-23-15)19(27)12-14-7-9-16(10-8-14)26(28)29/h1-11H,12-13H2. The first-order valence-electron chi connectivity index (χ1n) is 9.00. The van der Waals surface area contributed by atoms with E-state index in [9.17, 15) is 19.3 Å². The monoisotopic (exact) mass is 422 g/mol. The van der Waals surface area contributed by atoms with E-state index in [1.54, 1.807) is 42.6 Å². The Morgan fingerprint density at radius 2 is 1.90 bits per heavy atom. The van der Waals surface area contributed by atoms with E-state index in [4.69, 9.17) is 0 Å². The number of rotatable bonds is 6. The third-order valence-electron chi connectivity index (χ3n) is 4.44. The van der Waals surface area contributed by atoms with E-state index in [-0.39, 0.29) is 30.1 Å². The number of aromatic nitrogens is 2. The van der Waals surface area contributed by atoms with Crippen molar-refractivity contribution in [2.45, 2.75) is 13.0 Å². The topological polar surface area (TPSA) is 89.2 Å². The van der Waals surface area contributed by atoms with Crippen molar-refractivity contribution >= 4 is 38.3 Å². The number of pyridine rings is 1. The van der Waals surface area contributed by atoms with E-state index in [1.807, 2.05) is 6.07 Å². The summed E-state index contributed by atoms with van der Waals surface area (Å²) in [6, 6.07) is 15.9. The van der Waals surface area contributed by atoms with Gasteiger partial charge in [-0.1, -0.05) is 35.6 Å². The van der Waals surface area contributed by atoms with Crippen LogP contribution in [0.4, 0.5) is 15.2 Å². The Morgan fingerprint density at radius 3 is 2.57 bits per heavy atom. The zero-order valence-electron chi connectivity index (χ0n) is 15.6. The summed E-state index contributed by atoms with van der Waals surface area (Å²) >= 11 is 1.22. The zero-order valence-corrected chi connectivity index (χ0v) is 16.4. The van der Waals surface area contributed by atoms with Gasteiger partial charge in [-0.05, 0) is 29.8 Å². The van der Waals surface area contributed by atoms with E-state index in [0.717, 1.165) is 0 Å². The number of thiazole rings is 1. The lowest BCUT2D eigenvalue weighted by atomic mass is 10.1. The van der Waals surface area contributed by atoms with E-state index >= 15 is 0 Å². The van der Waals surface area contributed by atoms with Crippen molar-refractivity contribution in [2.75, 3.05) is 4.90 Å². The van der Waals surface area contributed by atoms with Gasteiger partial charge in [0.25, 0.3) is 5.69 Å². The van der Waals surface area contributed by atoms with E-state index in [1.165, 1.54) is 34.4 Å². The number of para-hydroxylation sites is 1. The van der Waals surface area contributed by atoms with Crippen molar-refractivity contribution in [3.05, 3.63) is 94.0 Å². The molecule has 4 rings (SSSR count). The number of hydrogen-bond donors (Lipinski definition) is 0. The quantitative estimate of drug-likeness (QED) is 0.337. The van der Waals surface area contributed by atoms with Crippen LogP contribution in [0.15, 0.2) is 66.9 Å². The Labute approximate surface area is 174 Å². The highest BCUT2D eigenvalue weighted by molar-refractivity contribution is 7.22. The summed E-state index contributed by atoms with van der Waals surface area (Å²) in [5.74, 6) is -0.718. The van der Waals surface area contributed by atoms with Crippen LogP contribution in [0, 0.1) is 15.9 Å². The van der Waals surface area contributed by atoms with Gasteiger partial charge in [-0.15, -0.1) is 0 Å². The average molecular weight is 422 g/mol. The van der Waals surface area contributed by atoms with Gasteiger partial charge in [0.15, 0.2) is 5.13 Å². The fourth-order valence-corrected chi connectivity index (χ4v) is 3.94. The highest BCUT2D eigenvalue weighted by Gasteiger charge is 2.22. The van der Waals surface area contributed by atoms with Crippen molar-refractivity contribution in [3.63, 3.8) is 0 Å². The fourth-order valence-electron chi connectivity index (χ4n) is 2.94. The Hall–Kier alpha value is -3.72. The van der Waals surface area contributed by atoms with Crippen LogP contribution in [0.2, 0.25) is 0 Å². The number of nitro groups is 1. The minimum absolute atomic E-state index is 0.0171. The van der Waals surface area contributed by atoms with Gasteiger partial charge < -0.3 is 0 Å². The molecule has 0 radical (unpaired) electrons. The SMILES string of the molecule is O=C(Cc1ccc([N+](=O)[O-])cc1)N(Cc1ccccn1)c1nc2c(F)cccc2s1. The first kappa shape index (κ1) is 19.6. The third kappa shape index (κ3) is 4.15. The van der Waals surface area contributed by atoms with E-state index in [2.05, 4.69) is 9.97 Å². The number of benzene rings is 2. The molecule has 0 aliphatic heterocycles. The Bertz CT molecular complexity index is 1210. The lowest BCUT2D eigenvalue weighted by Crippen LogP contribution is -2.32. The lowest BCUT2D eigenvalue weighted by molar-refractivity contribution is -0.384. The lowest BCUT2D eigenvalue weighted by Gasteiger charge is -2.19. The second-order valence-electron chi connectivity index (χ2n) is 6.48. The molecule has 0 fully saturated rings. The summed E-state index contributed by atoms with van der Waals surface area (Å²) in [5.41, 5.74) is 1.46. The molecule has 0 aliphatic carbocycles. The first-order valence-corrected chi connectivity index (χ1v) is 9.81. The van der Waals surface area contributed by atoms with Gasteiger partial charge >= 0.3 is 0 Å². The van der Waals surface area contributed by atoms with Gasteiger partial charge in [0.1, 0.15) is 11.3 Å². The number of carbonyl (C=O) groups is 1. The first-order chi connectivity index (χ1) is 14.5. The van der Waals surface area contributed by atoms with Crippen LogP contribution in [0.3, 0.4) is 0 Å². The molecule has 0 unspecified atom stereocenters. The van der Waals surface area contributed by atoms with Crippen molar-refractivity contribution in [2.24, 2.45) is 0 Å². The highest BCUT2D eigenvalue weighted by Crippen LogP contribution is 2.31. The van der Waals surface area contributed by atoms with Gasteiger partial charge in [0.05, 0.1) is 28.3 Å². The molecule has 150 valence electrons. The molecule has 0 bridgehead atoms. The minimum Gasteiger partial charge on any atom is -0.282 e. The largest absolute Gasteiger partial charge is 0.282 e. The number of amides is 1. The van der Waals surface area contributed by atoms with Crippen LogP contribution in [-0.4, -0.2) is 20.8 Å². The van der Waals surface area contributed by atoms with Crippen LogP contribution in [0.1, 0.15) is 11.3 Å². The van der Waals surface area contributed by atoms with Crippen molar-refractivity contribution in [1.82, 2.24) is 9.97 Å². The summed E-state index contributed by atoms with van der Waals surface area (Å²) in [6.07, 6.45) is 1.65. The minimum atomic E-state index is -0.491. The Balaban J connectivity index is 1.66. The van der Waals surface area contributed by atoms with Gasteiger partial charge in [0.2, 0.25) is 5.91 Å². The maximum atomic E-state index is 14.1. The molecule has 0 spiro atoms. The molecule has 2 aromatic heterocycles. The molecule has 30 heavy (non-hydrogen) atoms. The smallest absolute Gasteiger partial charge is 0.269 e. The zero-order chi connectivity index (χ0) is 21.1. The van der Waals surface area contributed by atoms with Crippen LogP contribution in [-0.2, 0) is 17.8 Å². The molecule has 2 heterocycles. The number of non-ortho nitro benzene ring substituents is 1. The number of anilines is 1. The Kier molecular flexibility index (Phi) is 5.44. The molecular formula is C21H15FN4O3S. The predicted octanol–water partition coefficient (Wildman–Crippen LogP) is 4.51. The van der Waals surface area contributed by atoms with Crippen LogP contribution < -0.4 is 4.90 Å². The molecule has 1 amide bonds. The summed E-state index contributed by atoms with van der Waals surface area (Å²) in [4.78, 5) is 33.5. The summed E-state index contributed by atoms with van der Waals surface area (Å²) in [6.45, 7) is 0.175. The number of halogens is 1. The predicted molar refractivity (Wildman–Crippen MR) is 112 cm³/mol. The van der Waals surface area contributed by atoms with Crippen molar-refractivity contribution in [3.8, 4) is 0 Å². The van der Waals surface area contributed by atoms with Gasteiger partial charge in [0, 0.05) is 18.3 Å². The molecule has 4 aromatic rings. The van der Waals surface area contributed by atoms with E-state index in [0.29, 0.717) is 21.1 Å². The van der Waals surface area contributed by atoms with Crippen LogP contribution in [0.5, 0.6) is 0 Å². The van der Waals surface area contributed by atoms with Gasteiger partial charge in [-0.3, -0.25) is 24.8 Å². The molecular weight excluding hydrogens is 407 g/mol. The Morgan fingerprint density at radius 1 is 1.10 bits per heavy atom. The molecule has 2 aromatic carbocycles. The van der Waals surface area contributed by atoms with Crippen LogP contribution in [0.25, 0.3) is 10.2 Å². The second kappa shape index (κ2) is 8.34. The van der Waals surface area contributed by atoms with Crippen molar-refractivity contribution < 1.29 is 14.1 Å². The number of carbonyl (C=O) groups excluding carboxylic acids is 1. The molecule has 9 heteroatoms. The molecule has 7 nitrogen and oxygen atoms in total. The molecule has 0 saturated carbocycles. The number of nitrogens with zero attached hydrogens (tertiary/aromatic N) is 4. The van der Waals surface area contributed by atoms with Crippen LogP contribution >= 0.6 is 11.3 Å².